The van der Waals surface area contributed by atoms with Gasteiger partial charge in [-0.15, -0.1) is 11.6 Å². The molecule has 106 valence electrons. The highest BCUT2D eigenvalue weighted by Gasteiger charge is 2.26. The molecule has 1 aliphatic heterocycles. The van der Waals surface area contributed by atoms with Gasteiger partial charge in [0, 0.05) is 31.9 Å². The molecule has 0 aromatic heterocycles. The molecule has 1 aliphatic rings. The Hall–Kier alpha value is -0.780. The van der Waals surface area contributed by atoms with E-state index in [1.54, 1.807) is 0 Å². The van der Waals surface area contributed by atoms with Crippen LogP contribution in [0.2, 0.25) is 0 Å². The van der Waals surface area contributed by atoms with Crippen LogP contribution in [0.5, 0.6) is 0 Å². The third kappa shape index (κ3) is 3.04. The summed E-state index contributed by atoms with van der Waals surface area (Å²) in [5, 5.41) is -0.337. The van der Waals surface area contributed by atoms with Crippen molar-refractivity contribution in [1.82, 2.24) is 4.31 Å². The number of halogens is 1. The Morgan fingerprint density at radius 2 is 1.79 bits per heavy atom. The van der Waals surface area contributed by atoms with Crippen molar-refractivity contribution in [1.29, 1.82) is 0 Å². The van der Waals surface area contributed by atoms with Crippen molar-refractivity contribution in [3.8, 4) is 0 Å². The minimum absolute atomic E-state index is 0.337. The number of sulfonamides is 1. The number of nitrogens with zero attached hydrogens (tertiary/aromatic N) is 2. The fourth-order valence-electron chi connectivity index (χ4n) is 2.35. The predicted octanol–water partition coefficient (Wildman–Crippen LogP) is 1.95. The van der Waals surface area contributed by atoms with E-state index < -0.39 is 10.0 Å². The van der Waals surface area contributed by atoms with Gasteiger partial charge in [0.2, 0.25) is 10.0 Å². The Balaban J connectivity index is 2.10. The number of aryl methyl sites for hydroxylation is 1. The largest absolute Gasteiger partial charge is 0.369 e. The number of hydrogen-bond acceptors (Lipinski definition) is 3. The van der Waals surface area contributed by atoms with Crippen molar-refractivity contribution in [3.63, 3.8) is 0 Å². The molecule has 1 aromatic carbocycles. The van der Waals surface area contributed by atoms with Crippen LogP contribution in [0.4, 0.5) is 5.69 Å². The third-order valence-electron chi connectivity index (χ3n) is 3.69. The van der Waals surface area contributed by atoms with E-state index in [2.05, 4.69) is 30.9 Å². The van der Waals surface area contributed by atoms with E-state index >= 15 is 0 Å². The number of hydrogen-bond donors (Lipinski definition) is 0. The first-order valence-electron chi connectivity index (χ1n) is 6.30. The molecule has 1 saturated heterocycles. The van der Waals surface area contributed by atoms with E-state index in [-0.39, 0.29) is 5.21 Å². The van der Waals surface area contributed by atoms with Gasteiger partial charge in [-0.2, -0.15) is 4.31 Å². The molecule has 0 N–H and O–H groups in total. The number of alkyl halides is 1. The summed E-state index contributed by atoms with van der Waals surface area (Å²) in [4.78, 5) is 2.24. The van der Waals surface area contributed by atoms with Crippen molar-refractivity contribution in [2.24, 2.45) is 0 Å². The van der Waals surface area contributed by atoms with Crippen LogP contribution in [-0.4, -0.2) is 44.1 Å². The lowest BCUT2D eigenvalue weighted by Gasteiger charge is -2.36. The monoisotopic (exact) mass is 302 g/mol. The van der Waals surface area contributed by atoms with Gasteiger partial charge in [0.05, 0.1) is 0 Å². The molecule has 6 heteroatoms. The van der Waals surface area contributed by atoms with Crippen LogP contribution in [-0.2, 0) is 10.0 Å². The minimum atomic E-state index is -3.27. The van der Waals surface area contributed by atoms with Gasteiger partial charge in [-0.1, -0.05) is 12.1 Å². The molecule has 19 heavy (non-hydrogen) atoms. The van der Waals surface area contributed by atoms with E-state index in [1.165, 1.54) is 21.1 Å². The molecule has 0 radical (unpaired) electrons. The number of benzene rings is 1. The zero-order valence-corrected chi connectivity index (χ0v) is 12.8. The topological polar surface area (TPSA) is 40.6 Å². The summed E-state index contributed by atoms with van der Waals surface area (Å²) in [6.07, 6.45) is 0. The average Bonchev–Trinajstić information content (AvgIpc) is 2.42. The molecule has 1 fully saturated rings. The van der Waals surface area contributed by atoms with Gasteiger partial charge in [-0.3, -0.25) is 0 Å². The van der Waals surface area contributed by atoms with Gasteiger partial charge in [0.25, 0.3) is 0 Å². The second-order valence-electron chi connectivity index (χ2n) is 4.83. The maximum atomic E-state index is 11.7. The highest BCUT2D eigenvalue weighted by atomic mass is 35.5. The summed E-state index contributed by atoms with van der Waals surface area (Å²) >= 11 is 5.48. The molecule has 2 rings (SSSR count). The fraction of sp³-hybridized carbons (Fsp3) is 0.538. The van der Waals surface area contributed by atoms with E-state index in [4.69, 9.17) is 11.6 Å². The molecule has 0 aliphatic carbocycles. The van der Waals surface area contributed by atoms with E-state index in [1.807, 2.05) is 6.07 Å². The van der Waals surface area contributed by atoms with E-state index in [0.29, 0.717) is 26.2 Å². The maximum absolute atomic E-state index is 11.7. The molecule has 1 aromatic rings. The predicted molar refractivity (Wildman–Crippen MR) is 79.3 cm³/mol. The standard InChI is InChI=1S/C13H19ClN2O2S/c1-11-4-3-5-13(12(11)2)15-6-8-16(9-7-15)19(17,18)10-14/h3-5H,6-10H2,1-2H3. The molecule has 0 bridgehead atoms. The average molecular weight is 303 g/mol. The first-order chi connectivity index (χ1) is 8.95. The highest BCUT2D eigenvalue weighted by Crippen LogP contribution is 2.24. The quantitative estimate of drug-likeness (QED) is 0.801. The van der Waals surface area contributed by atoms with Gasteiger partial charge in [-0.25, -0.2) is 8.42 Å². The van der Waals surface area contributed by atoms with Crippen LogP contribution in [0.3, 0.4) is 0 Å². The molecule has 0 unspecified atom stereocenters. The van der Waals surface area contributed by atoms with Crippen molar-refractivity contribution in [2.45, 2.75) is 13.8 Å². The van der Waals surface area contributed by atoms with Crippen molar-refractivity contribution >= 4 is 27.3 Å². The first kappa shape index (κ1) is 14.6. The fourth-order valence-corrected chi connectivity index (χ4v) is 3.63. The lowest BCUT2D eigenvalue weighted by molar-refractivity contribution is 0.387. The van der Waals surface area contributed by atoms with Gasteiger partial charge < -0.3 is 4.90 Å². The van der Waals surface area contributed by atoms with Crippen LogP contribution in [0, 0.1) is 13.8 Å². The summed E-state index contributed by atoms with van der Waals surface area (Å²) in [6.45, 7) is 6.62. The van der Waals surface area contributed by atoms with Gasteiger partial charge in [0.1, 0.15) is 5.21 Å². The van der Waals surface area contributed by atoms with Gasteiger partial charge in [-0.05, 0) is 31.0 Å². The number of rotatable bonds is 3. The summed E-state index contributed by atoms with van der Waals surface area (Å²) in [7, 11) is -3.27. The second kappa shape index (κ2) is 5.69. The van der Waals surface area contributed by atoms with Crippen LogP contribution < -0.4 is 4.90 Å². The zero-order chi connectivity index (χ0) is 14.0. The third-order valence-corrected chi connectivity index (χ3v) is 5.94. The highest BCUT2D eigenvalue weighted by molar-refractivity contribution is 7.90. The smallest absolute Gasteiger partial charge is 0.228 e. The Morgan fingerprint density at radius 3 is 2.37 bits per heavy atom. The van der Waals surface area contributed by atoms with Crippen molar-refractivity contribution in [3.05, 3.63) is 29.3 Å². The Labute approximate surface area is 120 Å². The van der Waals surface area contributed by atoms with Crippen LogP contribution >= 0.6 is 11.6 Å². The van der Waals surface area contributed by atoms with Crippen LogP contribution in [0.25, 0.3) is 0 Å². The zero-order valence-electron chi connectivity index (χ0n) is 11.3. The van der Waals surface area contributed by atoms with Gasteiger partial charge in [0.15, 0.2) is 0 Å². The number of anilines is 1. The molecule has 1 heterocycles. The molecule has 0 atom stereocenters. The summed E-state index contributed by atoms with van der Waals surface area (Å²) in [5.74, 6) is 0. The summed E-state index contributed by atoms with van der Waals surface area (Å²) < 4.78 is 24.9. The maximum Gasteiger partial charge on any atom is 0.228 e. The second-order valence-corrected chi connectivity index (χ2v) is 7.38. The lowest BCUT2D eigenvalue weighted by Crippen LogP contribution is -2.49. The molecule has 4 nitrogen and oxygen atoms in total. The molecular formula is C13H19ClN2O2S. The van der Waals surface area contributed by atoms with Crippen molar-refractivity contribution < 1.29 is 8.42 Å². The van der Waals surface area contributed by atoms with E-state index in [9.17, 15) is 8.42 Å². The summed E-state index contributed by atoms with van der Waals surface area (Å²) in [6, 6.07) is 6.22. The molecular weight excluding hydrogens is 284 g/mol. The Kier molecular flexibility index (Phi) is 4.38. The molecule has 0 spiro atoms. The summed E-state index contributed by atoms with van der Waals surface area (Å²) in [5.41, 5.74) is 3.72. The minimum Gasteiger partial charge on any atom is -0.369 e. The first-order valence-corrected chi connectivity index (χ1v) is 8.45. The normalized spacial score (nSPS) is 17.7. The lowest BCUT2D eigenvalue weighted by atomic mass is 10.1. The Bertz CT molecular complexity index is 552. The number of piperazine rings is 1. The SMILES string of the molecule is Cc1cccc(N2CCN(S(=O)(=O)CCl)CC2)c1C. The molecule has 0 amide bonds. The van der Waals surface area contributed by atoms with Crippen LogP contribution in [0.15, 0.2) is 18.2 Å². The van der Waals surface area contributed by atoms with Gasteiger partial charge >= 0.3 is 0 Å². The van der Waals surface area contributed by atoms with Crippen LogP contribution in [0.1, 0.15) is 11.1 Å². The Morgan fingerprint density at radius 1 is 1.16 bits per heavy atom. The van der Waals surface area contributed by atoms with E-state index in [0.717, 1.165) is 0 Å². The van der Waals surface area contributed by atoms with Crippen molar-refractivity contribution in [2.75, 3.05) is 36.3 Å². The molecule has 0 saturated carbocycles.